The third-order valence-electron chi connectivity index (χ3n) is 13.9. The van der Waals surface area contributed by atoms with Crippen molar-refractivity contribution in [2.75, 3.05) is 26.4 Å². The molecule has 0 fully saturated rings. The minimum absolute atomic E-state index is 0.365. The van der Waals surface area contributed by atoms with E-state index in [1.165, 1.54) is 0 Å². The lowest BCUT2D eigenvalue weighted by molar-refractivity contribution is -0.151. The van der Waals surface area contributed by atoms with Crippen LogP contribution < -0.4 is 28.4 Å². The van der Waals surface area contributed by atoms with Crippen LogP contribution in [0.2, 0.25) is 51.4 Å². The Hall–Kier alpha value is -7.03. The van der Waals surface area contributed by atoms with Crippen LogP contribution >= 0.6 is 0 Å². The lowest BCUT2D eigenvalue weighted by atomic mass is 10.0. The Morgan fingerprint density at radius 2 is 0.671 bits per heavy atom. The fraction of sp³-hybridized carbons (Fsp3) is 0.412. The van der Waals surface area contributed by atoms with Crippen molar-refractivity contribution in [2.45, 2.75) is 155 Å². The van der Waals surface area contributed by atoms with E-state index in [4.69, 9.17) is 46.1 Å². The zero-order valence-electron chi connectivity index (χ0n) is 51.5. The van der Waals surface area contributed by atoms with E-state index in [0.29, 0.717) is 60.6 Å². The molecule has 2 atom stereocenters. The van der Waals surface area contributed by atoms with Crippen LogP contribution in [0, 0.1) is 0 Å². The Morgan fingerprint density at radius 3 is 1.00 bits per heavy atom. The highest BCUT2D eigenvalue weighted by Gasteiger charge is 2.39. The second-order valence-electron chi connectivity index (χ2n) is 22.9. The van der Waals surface area contributed by atoms with Gasteiger partial charge in [-0.15, -0.1) is 0 Å². The van der Waals surface area contributed by atoms with Crippen LogP contribution in [0.3, 0.4) is 0 Å². The van der Waals surface area contributed by atoms with Crippen molar-refractivity contribution in [3.8, 4) is 56.8 Å². The van der Waals surface area contributed by atoms with Crippen molar-refractivity contribution in [3.05, 3.63) is 157 Å². The largest absolute Gasteiger partial charge is 0.494 e. The van der Waals surface area contributed by atoms with Crippen molar-refractivity contribution in [3.63, 3.8) is 0 Å². The number of hydrogen-bond donors (Lipinski definition) is 0. The summed E-state index contributed by atoms with van der Waals surface area (Å²) in [6, 6.07) is 45.9. The van der Waals surface area contributed by atoms with E-state index in [9.17, 15) is 19.2 Å². The molecule has 0 radical (unpaired) electrons. The number of benzene rings is 6. The summed E-state index contributed by atoms with van der Waals surface area (Å²) in [5.41, 5.74) is 4.81. The first kappa shape index (κ1) is 67.1. The van der Waals surface area contributed by atoms with Crippen molar-refractivity contribution in [2.24, 2.45) is 0 Å². The summed E-state index contributed by atoms with van der Waals surface area (Å²) in [6.45, 7) is 23.1. The Bertz CT molecular complexity index is 2780. The minimum Gasteiger partial charge on any atom is -0.494 e. The van der Waals surface area contributed by atoms with Crippen LogP contribution in [-0.2, 0) is 27.3 Å². The molecule has 456 valence electrons. The molecule has 85 heavy (non-hydrogen) atoms. The van der Waals surface area contributed by atoms with Gasteiger partial charge in [0, 0.05) is 0 Å². The summed E-state index contributed by atoms with van der Waals surface area (Å²) >= 11 is 0. The summed E-state index contributed by atoms with van der Waals surface area (Å²) < 4.78 is 59.0. The van der Waals surface area contributed by atoms with E-state index in [0.717, 1.165) is 110 Å². The molecule has 14 nitrogen and oxygen atoms in total. The first-order chi connectivity index (χ1) is 40.7. The summed E-state index contributed by atoms with van der Waals surface area (Å²) in [7, 11) is -6.22. The molecular formula is C68H88O14Si3. The zero-order valence-corrected chi connectivity index (χ0v) is 54.5. The molecule has 6 aromatic carbocycles. The number of carbonyl (C=O) groups is 4. The van der Waals surface area contributed by atoms with Crippen LogP contribution in [0.1, 0.15) is 113 Å². The van der Waals surface area contributed by atoms with Gasteiger partial charge in [-0.2, -0.15) is 0 Å². The van der Waals surface area contributed by atoms with Gasteiger partial charge >= 0.3 is 32.4 Å². The van der Waals surface area contributed by atoms with E-state index >= 15 is 0 Å². The average molecular weight is 1210 g/mol. The molecule has 6 aromatic rings. The summed E-state index contributed by atoms with van der Waals surface area (Å²) in [6.07, 6.45) is 8.22. The van der Waals surface area contributed by atoms with Crippen LogP contribution in [0.5, 0.6) is 34.5 Å². The Labute approximate surface area is 507 Å². The van der Waals surface area contributed by atoms with Gasteiger partial charge in [0.25, 0.3) is 0 Å². The SMILES string of the molecule is CCCCOC(=O)C(C)Oc1ccc(OC(=O)c2ccc(-c3ccc(OCCCCC[Si](C)(C)O[Si](C)(C)O[Si](C)(C)CCCCCOc4ccc(-c5ccc(C(=O)Oc6ccc(OC(C)C(=O)OCCCC)cc6)cc5)cc4)cc3)cc2)cc1. The summed E-state index contributed by atoms with van der Waals surface area (Å²) in [5.74, 6) is 1.53. The molecule has 0 bridgehead atoms. The van der Waals surface area contributed by atoms with Crippen molar-refractivity contribution < 1.29 is 65.3 Å². The third kappa shape index (κ3) is 23.7. The molecule has 0 amide bonds. The maximum atomic E-state index is 12.9. The Morgan fingerprint density at radius 1 is 0.365 bits per heavy atom. The highest BCUT2D eigenvalue weighted by atomic mass is 28.5. The fourth-order valence-corrected chi connectivity index (χ4v) is 23.7. The predicted octanol–water partition coefficient (Wildman–Crippen LogP) is 16.6. The van der Waals surface area contributed by atoms with E-state index < -0.39 is 61.3 Å². The van der Waals surface area contributed by atoms with Gasteiger partial charge in [0.15, 0.2) is 28.8 Å². The number of rotatable bonds is 36. The number of carbonyl (C=O) groups excluding carboxylic acids is 4. The van der Waals surface area contributed by atoms with Crippen molar-refractivity contribution in [1.82, 2.24) is 0 Å². The minimum atomic E-state index is -2.33. The molecule has 0 N–H and O–H groups in total. The van der Waals surface area contributed by atoms with Gasteiger partial charge in [0.1, 0.15) is 34.5 Å². The second-order valence-corrected chi connectivity index (χ2v) is 35.4. The normalized spacial score (nSPS) is 12.4. The van der Waals surface area contributed by atoms with Crippen LogP contribution in [0.15, 0.2) is 146 Å². The van der Waals surface area contributed by atoms with Gasteiger partial charge in [0.05, 0.1) is 37.6 Å². The van der Waals surface area contributed by atoms with E-state index in [-0.39, 0.29) is 0 Å². The summed E-state index contributed by atoms with van der Waals surface area (Å²) in [5, 5.41) is 0. The second kappa shape index (κ2) is 33.6. The van der Waals surface area contributed by atoms with Gasteiger partial charge in [-0.25, -0.2) is 19.2 Å². The molecule has 0 spiro atoms. The van der Waals surface area contributed by atoms with E-state index in [1.54, 1.807) is 86.6 Å². The van der Waals surface area contributed by atoms with Crippen molar-refractivity contribution in [1.29, 1.82) is 0 Å². The van der Waals surface area contributed by atoms with Gasteiger partial charge in [-0.3, -0.25) is 0 Å². The molecule has 0 aromatic heterocycles. The Kier molecular flexibility index (Phi) is 26.5. The molecule has 0 aliphatic carbocycles. The van der Waals surface area contributed by atoms with Crippen molar-refractivity contribution >= 4 is 49.1 Å². The van der Waals surface area contributed by atoms with Gasteiger partial charge in [-0.05, 0) is 210 Å². The molecule has 0 saturated heterocycles. The number of unbranched alkanes of at least 4 members (excludes halogenated alkanes) is 6. The molecular weight excluding hydrogens is 1120 g/mol. The van der Waals surface area contributed by atoms with Crippen LogP contribution in [0.25, 0.3) is 22.3 Å². The monoisotopic (exact) mass is 1210 g/mol. The van der Waals surface area contributed by atoms with Gasteiger partial charge in [0.2, 0.25) is 0 Å². The lowest BCUT2D eigenvalue weighted by Crippen LogP contribution is -2.52. The quantitative estimate of drug-likeness (QED) is 0.0158. The fourth-order valence-electron chi connectivity index (χ4n) is 9.46. The molecule has 0 heterocycles. The van der Waals surface area contributed by atoms with Crippen LogP contribution in [0.4, 0.5) is 0 Å². The smallest absolute Gasteiger partial charge is 0.347 e. The molecule has 6 rings (SSSR count). The molecule has 0 aliphatic heterocycles. The first-order valence-corrected chi connectivity index (χ1v) is 39.1. The number of hydrogen-bond acceptors (Lipinski definition) is 14. The Balaban J connectivity index is 0.803. The van der Waals surface area contributed by atoms with Crippen LogP contribution in [-0.4, -0.2) is 87.7 Å². The highest BCUT2D eigenvalue weighted by molar-refractivity contribution is 6.87. The molecule has 0 saturated carbocycles. The summed E-state index contributed by atoms with van der Waals surface area (Å²) in [4.78, 5) is 50.1. The predicted molar refractivity (Wildman–Crippen MR) is 341 cm³/mol. The lowest BCUT2D eigenvalue weighted by Gasteiger charge is -2.39. The van der Waals surface area contributed by atoms with E-state index in [1.807, 2.05) is 86.6 Å². The van der Waals surface area contributed by atoms with E-state index in [2.05, 4.69) is 39.3 Å². The number of esters is 4. The maximum Gasteiger partial charge on any atom is 0.347 e. The molecule has 2 unspecified atom stereocenters. The van der Waals surface area contributed by atoms with Gasteiger partial charge < -0.3 is 46.1 Å². The molecule has 0 aliphatic rings. The number of ether oxygens (including phenoxy) is 8. The zero-order chi connectivity index (χ0) is 61.2. The topological polar surface area (TPSA) is 161 Å². The highest BCUT2D eigenvalue weighted by Crippen LogP contribution is 2.30. The van der Waals surface area contributed by atoms with Gasteiger partial charge in [-0.1, -0.05) is 101 Å². The third-order valence-corrected chi connectivity index (χ3v) is 25.4. The first-order valence-electron chi connectivity index (χ1n) is 30.1. The standard InChI is InChI=1S/C68H88O14Si3/c1-11-13-45-75-65(69)51(3)77-61-37-41-63(42-38-61)79-67(71)57-25-21-53(22-26-57)55-29-33-59(34-30-55)73-47-17-15-19-49-83(5,6)81-85(9,10)82-84(7,8)50-20-16-18-48-74-60-35-31-56(32-36-60)54-23-27-58(28-24-54)68(72)80-64-43-39-62(40-44-64)78-52(4)66(70)76-46-14-12-2/h21-44,51-52H,11-20,45-50H2,1-10H3. The molecule has 17 heteroatoms. The maximum absolute atomic E-state index is 12.9. The average Bonchev–Trinajstić information content (AvgIpc) is 3.66.